The van der Waals surface area contributed by atoms with Crippen molar-refractivity contribution >= 4 is 11.6 Å². The highest BCUT2D eigenvalue weighted by atomic mass is 35.5. The van der Waals surface area contributed by atoms with Crippen molar-refractivity contribution in [2.24, 2.45) is 5.92 Å². The van der Waals surface area contributed by atoms with Gasteiger partial charge in [-0.15, -0.1) is 11.6 Å². The first-order valence-electron chi connectivity index (χ1n) is 8.05. The molecule has 1 saturated carbocycles. The van der Waals surface area contributed by atoms with Gasteiger partial charge in [0.15, 0.2) is 0 Å². The predicted molar refractivity (Wildman–Crippen MR) is 86.5 cm³/mol. The van der Waals surface area contributed by atoms with Gasteiger partial charge in [0, 0.05) is 6.61 Å². The first kappa shape index (κ1) is 15.9. The van der Waals surface area contributed by atoms with Gasteiger partial charge in [0.25, 0.3) is 0 Å². The van der Waals surface area contributed by atoms with E-state index in [-0.39, 0.29) is 5.38 Å². The first-order chi connectivity index (χ1) is 9.67. The van der Waals surface area contributed by atoms with Crippen molar-refractivity contribution in [2.75, 3.05) is 6.61 Å². The second kappa shape index (κ2) is 7.47. The summed E-state index contributed by atoms with van der Waals surface area (Å²) >= 11 is 6.71. The van der Waals surface area contributed by atoms with Crippen LogP contribution in [0.25, 0.3) is 0 Å². The lowest BCUT2D eigenvalue weighted by Gasteiger charge is -2.36. The fraction of sp³-hybridized carbons (Fsp3) is 0.667. The molecule has 112 valence electrons. The molecule has 1 aliphatic rings. The van der Waals surface area contributed by atoms with Crippen LogP contribution in [0.5, 0.6) is 0 Å². The van der Waals surface area contributed by atoms with E-state index in [4.69, 9.17) is 16.3 Å². The van der Waals surface area contributed by atoms with Crippen molar-refractivity contribution < 1.29 is 4.74 Å². The summed E-state index contributed by atoms with van der Waals surface area (Å²) < 4.78 is 5.63. The average Bonchev–Trinajstić information content (AvgIpc) is 2.44. The van der Waals surface area contributed by atoms with E-state index >= 15 is 0 Å². The Morgan fingerprint density at radius 1 is 1.20 bits per heavy atom. The number of ether oxygens (including phenoxy) is 1. The van der Waals surface area contributed by atoms with Gasteiger partial charge in [-0.3, -0.25) is 0 Å². The van der Waals surface area contributed by atoms with Gasteiger partial charge in [0.2, 0.25) is 0 Å². The zero-order chi connectivity index (χ0) is 14.5. The van der Waals surface area contributed by atoms with Gasteiger partial charge in [-0.1, -0.05) is 32.0 Å². The summed E-state index contributed by atoms with van der Waals surface area (Å²) in [6, 6.07) is 6.81. The number of aryl methyl sites for hydroxylation is 2. The molecule has 0 aromatic heterocycles. The summed E-state index contributed by atoms with van der Waals surface area (Å²) in [5.41, 5.74) is 4.15. The Kier molecular flexibility index (Phi) is 5.92. The lowest BCUT2D eigenvalue weighted by Crippen LogP contribution is -2.32. The third-order valence-corrected chi connectivity index (χ3v) is 4.89. The standard InChI is InChI=1S/C18H27ClO/c1-4-13-7-8-15(5-2)17(11-13)18(19)12-14-9-16(10-14)20-6-3/h7-8,11,14,16,18H,4-6,9-10,12H2,1-3H3. The molecule has 0 saturated heterocycles. The minimum absolute atomic E-state index is 0.157. The Bertz CT molecular complexity index is 423. The Labute approximate surface area is 128 Å². The van der Waals surface area contributed by atoms with Crippen LogP contribution in [0.4, 0.5) is 0 Å². The van der Waals surface area contributed by atoms with Gasteiger partial charge in [-0.25, -0.2) is 0 Å². The molecular weight excluding hydrogens is 268 g/mol. The Morgan fingerprint density at radius 3 is 2.55 bits per heavy atom. The van der Waals surface area contributed by atoms with Gasteiger partial charge >= 0.3 is 0 Å². The van der Waals surface area contributed by atoms with Crippen LogP contribution in [0.15, 0.2) is 18.2 Å². The third kappa shape index (κ3) is 3.77. The highest BCUT2D eigenvalue weighted by Gasteiger charge is 2.31. The summed E-state index contributed by atoms with van der Waals surface area (Å²) in [6.07, 6.45) is 6.09. The van der Waals surface area contributed by atoms with E-state index in [2.05, 4.69) is 39.0 Å². The van der Waals surface area contributed by atoms with E-state index in [1.54, 1.807) is 0 Å². The Balaban J connectivity index is 1.96. The molecule has 0 N–H and O–H groups in total. The topological polar surface area (TPSA) is 9.23 Å². The Morgan fingerprint density at radius 2 is 1.95 bits per heavy atom. The Hall–Kier alpha value is -0.530. The average molecular weight is 295 g/mol. The van der Waals surface area contributed by atoms with Crippen LogP contribution in [0.1, 0.15) is 62.1 Å². The van der Waals surface area contributed by atoms with E-state index in [1.165, 1.54) is 29.5 Å². The highest BCUT2D eigenvalue weighted by molar-refractivity contribution is 6.20. The van der Waals surface area contributed by atoms with Gasteiger partial charge in [0.1, 0.15) is 0 Å². The quantitative estimate of drug-likeness (QED) is 0.620. The molecule has 1 unspecified atom stereocenters. The summed E-state index contributed by atoms with van der Waals surface area (Å²) in [5.74, 6) is 0.740. The van der Waals surface area contributed by atoms with E-state index in [0.29, 0.717) is 6.10 Å². The lowest BCUT2D eigenvalue weighted by atomic mass is 9.78. The summed E-state index contributed by atoms with van der Waals surface area (Å²) in [6.45, 7) is 7.32. The van der Waals surface area contributed by atoms with Crippen molar-refractivity contribution in [1.82, 2.24) is 0 Å². The summed E-state index contributed by atoms with van der Waals surface area (Å²) in [5, 5.41) is 0.157. The normalized spacial score (nSPS) is 23.4. The molecule has 0 amide bonds. The largest absolute Gasteiger partial charge is 0.378 e. The molecule has 1 aromatic carbocycles. The van der Waals surface area contributed by atoms with Crippen molar-refractivity contribution in [1.29, 1.82) is 0 Å². The molecule has 1 aromatic rings. The molecule has 0 bridgehead atoms. The number of halogens is 1. The zero-order valence-corrected chi connectivity index (χ0v) is 13.7. The maximum Gasteiger partial charge on any atom is 0.0590 e. The summed E-state index contributed by atoms with van der Waals surface area (Å²) in [4.78, 5) is 0. The van der Waals surface area contributed by atoms with Crippen molar-refractivity contribution in [3.8, 4) is 0 Å². The minimum Gasteiger partial charge on any atom is -0.378 e. The van der Waals surface area contributed by atoms with E-state index < -0.39 is 0 Å². The predicted octanol–water partition coefficient (Wildman–Crippen LogP) is 5.30. The first-order valence-corrected chi connectivity index (χ1v) is 8.48. The van der Waals surface area contributed by atoms with Crippen molar-refractivity contribution in [2.45, 2.75) is 64.4 Å². The molecule has 0 aliphatic heterocycles. The van der Waals surface area contributed by atoms with Crippen molar-refractivity contribution in [3.05, 3.63) is 34.9 Å². The van der Waals surface area contributed by atoms with Crippen LogP contribution in [0.3, 0.4) is 0 Å². The third-order valence-electron chi connectivity index (χ3n) is 4.47. The SMILES string of the molecule is CCOC1CC(CC(Cl)c2cc(CC)ccc2CC)C1. The molecule has 1 aliphatic carbocycles. The molecule has 0 radical (unpaired) electrons. The van der Waals surface area contributed by atoms with Crippen LogP contribution in [0.2, 0.25) is 0 Å². The molecular formula is C18H27ClO. The van der Waals surface area contributed by atoms with Crippen LogP contribution in [-0.4, -0.2) is 12.7 Å². The zero-order valence-electron chi connectivity index (χ0n) is 13.0. The molecule has 0 spiro atoms. The molecule has 2 rings (SSSR count). The molecule has 0 heterocycles. The number of hydrogen-bond donors (Lipinski definition) is 0. The molecule has 1 nitrogen and oxygen atoms in total. The molecule has 1 fully saturated rings. The van der Waals surface area contributed by atoms with Gasteiger partial charge in [-0.05, 0) is 61.6 Å². The fourth-order valence-electron chi connectivity index (χ4n) is 3.14. The second-order valence-electron chi connectivity index (χ2n) is 5.86. The second-order valence-corrected chi connectivity index (χ2v) is 6.39. The van der Waals surface area contributed by atoms with E-state index in [1.807, 2.05) is 0 Å². The monoisotopic (exact) mass is 294 g/mol. The number of hydrogen-bond acceptors (Lipinski definition) is 1. The molecule has 20 heavy (non-hydrogen) atoms. The smallest absolute Gasteiger partial charge is 0.0590 e. The number of benzene rings is 1. The van der Waals surface area contributed by atoms with Crippen LogP contribution < -0.4 is 0 Å². The minimum atomic E-state index is 0.157. The van der Waals surface area contributed by atoms with Crippen LogP contribution in [0, 0.1) is 5.92 Å². The van der Waals surface area contributed by atoms with Gasteiger partial charge < -0.3 is 4.74 Å². The maximum atomic E-state index is 6.71. The van der Waals surface area contributed by atoms with Crippen LogP contribution >= 0.6 is 11.6 Å². The molecule has 2 heteroatoms. The van der Waals surface area contributed by atoms with Crippen molar-refractivity contribution in [3.63, 3.8) is 0 Å². The highest BCUT2D eigenvalue weighted by Crippen LogP contribution is 2.40. The summed E-state index contributed by atoms with van der Waals surface area (Å²) in [7, 11) is 0. The number of alkyl halides is 1. The van der Waals surface area contributed by atoms with Gasteiger partial charge in [0.05, 0.1) is 11.5 Å². The fourth-order valence-corrected chi connectivity index (χ4v) is 3.59. The van der Waals surface area contributed by atoms with E-state index in [0.717, 1.165) is 31.8 Å². The van der Waals surface area contributed by atoms with Gasteiger partial charge in [-0.2, -0.15) is 0 Å². The lowest BCUT2D eigenvalue weighted by molar-refractivity contribution is -0.0267. The molecule has 1 atom stereocenters. The maximum absolute atomic E-state index is 6.71. The van der Waals surface area contributed by atoms with Crippen LogP contribution in [-0.2, 0) is 17.6 Å². The number of rotatable bonds is 7. The van der Waals surface area contributed by atoms with E-state index in [9.17, 15) is 0 Å².